The Labute approximate surface area is 167 Å². The highest BCUT2D eigenvalue weighted by molar-refractivity contribution is 6.04. The lowest BCUT2D eigenvalue weighted by atomic mass is 9.90. The highest BCUT2D eigenvalue weighted by Crippen LogP contribution is 2.17. The molecule has 0 heterocycles. The van der Waals surface area contributed by atoms with Gasteiger partial charge in [-0.25, -0.2) is 0 Å². The van der Waals surface area contributed by atoms with E-state index in [-0.39, 0.29) is 24.2 Å². The smallest absolute Gasteiger partial charge is 0.255 e. The van der Waals surface area contributed by atoms with Crippen molar-refractivity contribution < 1.29 is 9.59 Å². The summed E-state index contributed by atoms with van der Waals surface area (Å²) in [5.41, 5.74) is 7.17. The Morgan fingerprint density at radius 2 is 1.52 bits per heavy atom. The summed E-state index contributed by atoms with van der Waals surface area (Å²) in [6, 6.07) is 15.8. The van der Waals surface area contributed by atoms with Crippen molar-refractivity contribution in [2.45, 2.75) is 32.7 Å². The lowest BCUT2D eigenvalue weighted by Gasteiger charge is -2.31. The first-order valence-corrected chi connectivity index (χ1v) is 8.82. The molecule has 2 aromatic rings. The predicted octanol–water partition coefficient (Wildman–Crippen LogP) is 3.85. The molecule has 0 saturated carbocycles. The van der Waals surface area contributed by atoms with Gasteiger partial charge in [0.25, 0.3) is 11.8 Å². The number of carbonyl (C=O) groups excluding carboxylic acids is 2. The van der Waals surface area contributed by atoms with Crippen molar-refractivity contribution in [3.8, 4) is 0 Å². The van der Waals surface area contributed by atoms with Crippen molar-refractivity contribution in [3.63, 3.8) is 0 Å². The summed E-state index contributed by atoms with van der Waals surface area (Å²) in [7, 11) is 0. The maximum Gasteiger partial charge on any atom is 0.255 e. The van der Waals surface area contributed by atoms with Crippen LogP contribution in [0.2, 0.25) is 0 Å². The predicted molar refractivity (Wildman–Crippen MR) is 112 cm³/mol. The van der Waals surface area contributed by atoms with Gasteiger partial charge in [0, 0.05) is 28.9 Å². The molecule has 0 aromatic heterocycles. The molecule has 1 atom stereocenters. The Balaban J connectivity index is 0.00000364. The zero-order valence-corrected chi connectivity index (χ0v) is 16.8. The molecule has 0 spiro atoms. The zero-order valence-electron chi connectivity index (χ0n) is 16.0. The minimum Gasteiger partial charge on any atom is -0.346 e. The van der Waals surface area contributed by atoms with Gasteiger partial charge in [-0.3, -0.25) is 9.59 Å². The molecule has 6 heteroatoms. The van der Waals surface area contributed by atoms with E-state index in [1.54, 1.807) is 36.4 Å². The molecular formula is C21H28ClN3O2. The molecule has 4 N–H and O–H groups in total. The molecule has 0 bridgehead atoms. The van der Waals surface area contributed by atoms with Gasteiger partial charge < -0.3 is 16.4 Å². The van der Waals surface area contributed by atoms with E-state index in [4.69, 9.17) is 5.73 Å². The first kappa shape index (κ1) is 22.7. The van der Waals surface area contributed by atoms with Gasteiger partial charge >= 0.3 is 0 Å². The average Bonchev–Trinajstić information content (AvgIpc) is 2.62. The number of carbonyl (C=O) groups is 2. The molecular weight excluding hydrogens is 362 g/mol. The van der Waals surface area contributed by atoms with E-state index in [1.165, 1.54) is 0 Å². The molecule has 0 aliphatic heterocycles. The third-order valence-electron chi connectivity index (χ3n) is 4.17. The quantitative estimate of drug-likeness (QED) is 0.672. The van der Waals surface area contributed by atoms with Crippen LogP contribution in [0.25, 0.3) is 0 Å². The SMILES string of the molecule is CC(C)CC(C)(CN)NC(=O)c1ccc(NC(=O)c2ccccc2)cc1.Cl. The number of rotatable bonds is 7. The van der Waals surface area contributed by atoms with E-state index in [9.17, 15) is 9.59 Å². The topological polar surface area (TPSA) is 84.2 Å². The van der Waals surface area contributed by atoms with Gasteiger partial charge in [0.2, 0.25) is 0 Å². The third kappa shape index (κ3) is 6.70. The Morgan fingerprint density at radius 1 is 0.963 bits per heavy atom. The van der Waals surface area contributed by atoms with E-state index in [1.807, 2.05) is 25.1 Å². The Kier molecular flexibility index (Phi) is 8.47. The molecule has 2 rings (SSSR count). The van der Waals surface area contributed by atoms with Gasteiger partial charge in [-0.15, -0.1) is 12.4 Å². The van der Waals surface area contributed by atoms with Crippen LogP contribution in [0.5, 0.6) is 0 Å². The third-order valence-corrected chi connectivity index (χ3v) is 4.17. The van der Waals surface area contributed by atoms with Crippen LogP contribution < -0.4 is 16.4 Å². The number of nitrogens with one attached hydrogen (secondary N) is 2. The molecule has 0 saturated heterocycles. The number of hydrogen-bond acceptors (Lipinski definition) is 3. The van der Waals surface area contributed by atoms with E-state index >= 15 is 0 Å². The maximum absolute atomic E-state index is 12.5. The molecule has 27 heavy (non-hydrogen) atoms. The maximum atomic E-state index is 12.5. The van der Waals surface area contributed by atoms with Crippen molar-refractivity contribution in [2.24, 2.45) is 11.7 Å². The summed E-state index contributed by atoms with van der Waals surface area (Å²) in [5, 5.41) is 5.84. The molecule has 1 unspecified atom stereocenters. The molecule has 0 aliphatic carbocycles. The van der Waals surface area contributed by atoms with Crippen LogP contribution in [0.15, 0.2) is 54.6 Å². The number of benzene rings is 2. The van der Waals surface area contributed by atoms with Gasteiger partial charge in [0.15, 0.2) is 0 Å². The summed E-state index contributed by atoms with van der Waals surface area (Å²) < 4.78 is 0. The van der Waals surface area contributed by atoms with Crippen molar-refractivity contribution in [2.75, 3.05) is 11.9 Å². The van der Waals surface area contributed by atoms with Gasteiger partial charge in [-0.05, 0) is 55.7 Å². The molecule has 146 valence electrons. The van der Waals surface area contributed by atoms with Crippen LogP contribution in [0.4, 0.5) is 5.69 Å². The molecule has 2 aromatic carbocycles. The summed E-state index contributed by atoms with van der Waals surface area (Å²) in [4.78, 5) is 24.7. The highest BCUT2D eigenvalue weighted by atomic mass is 35.5. The van der Waals surface area contributed by atoms with Crippen LogP contribution in [0.1, 0.15) is 47.9 Å². The number of anilines is 1. The fourth-order valence-electron chi connectivity index (χ4n) is 2.93. The standard InChI is InChI=1S/C21H27N3O2.ClH/c1-15(2)13-21(3,14-22)24-20(26)17-9-11-18(12-10-17)23-19(25)16-7-5-4-6-8-16;/h4-12,15H,13-14,22H2,1-3H3,(H,23,25)(H,24,26);1H. The fraction of sp³-hybridized carbons (Fsp3) is 0.333. The number of amides is 2. The van der Waals surface area contributed by atoms with Crippen molar-refractivity contribution >= 4 is 29.9 Å². The summed E-state index contributed by atoms with van der Waals surface area (Å²) >= 11 is 0. The molecule has 0 aliphatic rings. The average molecular weight is 390 g/mol. The van der Waals surface area contributed by atoms with Crippen LogP contribution in [0.3, 0.4) is 0 Å². The summed E-state index contributed by atoms with van der Waals surface area (Å²) in [6.07, 6.45) is 0.806. The molecule has 5 nitrogen and oxygen atoms in total. The lowest BCUT2D eigenvalue weighted by molar-refractivity contribution is 0.0898. The second-order valence-corrected chi connectivity index (χ2v) is 7.21. The Bertz CT molecular complexity index is 748. The van der Waals surface area contributed by atoms with Crippen LogP contribution in [0, 0.1) is 5.92 Å². The van der Waals surface area contributed by atoms with E-state index in [0.717, 1.165) is 6.42 Å². The van der Waals surface area contributed by atoms with Gasteiger partial charge in [-0.1, -0.05) is 32.0 Å². The minimum absolute atomic E-state index is 0. The second kappa shape index (κ2) is 10.1. The fourth-order valence-corrected chi connectivity index (χ4v) is 2.93. The van der Waals surface area contributed by atoms with Crippen LogP contribution in [-0.2, 0) is 0 Å². The van der Waals surface area contributed by atoms with Crippen molar-refractivity contribution in [1.29, 1.82) is 0 Å². The zero-order chi connectivity index (χ0) is 19.2. The monoisotopic (exact) mass is 389 g/mol. The summed E-state index contributed by atoms with van der Waals surface area (Å²) in [6.45, 7) is 6.54. The lowest BCUT2D eigenvalue weighted by Crippen LogP contribution is -2.52. The number of halogens is 1. The first-order valence-electron chi connectivity index (χ1n) is 8.82. The number of hydrogen-bond donors (Lipinski definition) is 3. The van der Waals surface area contributed by atoms with E-state index < -0.39 is 5.54 Å². The first-order chi connectivity index (χ1) is 12.3. The second-order valence-electron chi connectivity index (χ2n) is 7.21. The Morgan fingerprint density at radius 3 is 2.04 bits per heavy atom. The minimum atomic E-state index is -0.439. The molecule has 2 amide bonds. The Hall–Kier alpha value is -2.37. The molecule has 0 radical (unpaired) electrons. The van der Waals surface area contributed by atoms with E-state index in [2.05, 4.69) is 24.5 Å². The van der Waals surface area contributed by atoms with Gasteiger partial charge in [0.1, 0.15) is 0 Å². The van der Waals surface area contributed by atoms with Gasteiger partial charge in [0.05, 0.1) is 0 Å². The summed E-state index contributed by atoms with van der Waals surface area (Å²) in [5.74, 6) is 0.0782. The normalized spacial score (nSPS) is 12.6. The van der Waals surface area contributed by atoms with Crippen molar-refractivity contribution in [1.82, 2.24) is 5.32 Å². The van der Waals surface area contributed by atoms with Gasteiger partial charge in [-0.2, -0.15) is 0 Å². The molecule has 0 fully saturated rings. The largest absolute Gasteiger partial charge is 0.346 e. The number of nitrogens with two attached hydrogens (primary N) is 1. The highest BCUT2D eigenvalue weighted by Gasteiger charge is 2.26. The van der Waals surface area contributed by atoms with E-state index in [0.29, 0.717) is 29.3 Å². The van der Waals surface area contributed by atoms with Crippen LogP contribution in [-0.4, -0.2) is 23.9 Å². The van der Waals surface area contributed by atoms with Crippen molar-refractivity contribution in [3.05, 3.63) is 65.7 Å². The van der Waals surface area contributed by atoms with Crippen LogP contribution >= 0.6 is 12.4 Å².